The van der Waals surface area contributed by atoms with Crippen LogP contribution in [0.15, 0.2) is 16.7 Å². The Morgan fingerprint density at radius 2 is 2.46 bits per heavy atom. The molecule has 0 spiro atoms. The van der Waals surface area contributed by atoms with Crippen LogP contribution in [0.5, 0.6) is 0 Å². The summed E-state index contributed by atoms with van der Waals surface area (Å²) in [6.45, 7) is 2.15. The van der Waals surface area contributed by atoms with Gasteiger partial charge in [0, 0.05) is 10.7 Å². The summed E-state index contributed by atoms with van der Waals surface area (Å²) in [4.78, 5) is 15.4. The van der Waals surface area contributed by atoms with Gasteiger partial charge in [0.25, 0.3) is 0 Å². The van der Waals surface area contributed by atoms with Gasteiger partial charge in [-0.2, -0.15) is 0 Å². The van der Waals surface area contributed by atoms with Crippen molar-refractivity contribution in [2.24, 2.45) is 0 Å². The summed E-state index contributed by atoms with van der Waals surface area (Å²) in [7, 11) is 0. The predicted octanol–water partition coefficient (Wildman–Crippen LogP) is 2.63. The number of halogens is 2. The van der Waals surface area contributed by atoms with Crippen molar-refractivity contribution in [2.45, 2.75) is 6.92 Å². The molecule has 3 nitrogen and oxygen atoms in total. The molecule has 0 radical (unpaired) electrons. The van der Waals surface area contributed by atoms with Gasteiger partial charge in [-0.05, 0) is 51.5 Å². The smallest absolute Gasteiger partial charge is 0.340 e. The van der Waals surface area contributed by atoms with Crippen molar-refractivity contribution < 1.29 is 9.53 Å². The molecule has 0 unspecified atom stereocenters. The second-order valence-electron chi connectivity index (χ2n) is 2.21. The molecule has 13 heavy (non-hydrogen) atoms. The van der Waals surface area contributed by atoms with E-state index in [0.717, 1.165) is 4.47 Å². The van der Waals surface area contributed by atoms with E-state index in [-0.39, 0.29) is 5.97 Å². The maximum Gasteiger partial charge on any atom is 0.340 e. The molecular formula is C8H7BrINO2. The molecule has 0 aliphatic heterocycles. The fourth-order valence-electron chi connectivity index (χ4n) is 0.775. The third-order valence-corrected chi connectivity index (χ3v) is 2.59. The topological polar surface area (TPSA) is 39.2 Å². The molecule has 5 heteroatoms. The van der Waals surface area contributed by atoms with E-state index in [1.807, 2.05) is 22.6 Å². The molecular weight excluding hydrogens is 349 g/mol. The van der Waals surface area contributed by atoms with Crippen LogP contribution in [-0.4, -0.2) is 17.6 Å². The average Bonchev–Trinajstić information content (AvgIpc) is 2.09. The Hall–Kier alpha value is -0.170. The number of esters is 1. The number of carbonyl (C=O) groups is 1. The number of hydrogen-bond acceptors (Lipinski definition) is 3. The van der Waals surface area contributed by atoms with Crippen molar-refractivity contribution in [3.63, 3.8) is 0 Å². The van der Waals surface area contributed by atoms with Crippen molar-refractivity contribution in [1.82, 2.24) is 4.98 Å². The SMILES string of the molecule is CCOC(=O)c1cc(Br)cnc1I. The highest BCUT2D eigenvalue weighted by molar-refractivity contribution is 14.1. The molecule has 0 aliphatic rings. The molecule has 0 atom stereocenters. The Labute approximate surface area is 98.2 Å². The zero-order chi connectivity index (χ0) is 9.84. The van der Waals surface area contributed by atoms with Gasteiger partial charge in [-0.3, -0.25) is 0 Å². The first-order valence-electron chi connectivity index (χ1n) is 3.63. The maximum absolute atomic E-state index is 11.3. The van der Waals surface area contributed by atoms with E-state index in [9.17, 15) is 4.79 Å². The summed E-state index contributed by atoms with van der Waals surface area (Å²) in [5.74, 6) is -0.333. The summed E-state index contributed by atoms with van der Waals surface area (Å²) in [5, 5.41) is 0. The fraction of sp³-hybridized carbons (Fsp3) is 0.250. The number of aromatic nitrogens is 1. The van der Waals surface area contributed by atoms with Gasteiger partial charge in [-0.25, -0.2) is 9.78 Å². The zero-order valence-corrected chi connectivity index (χ0v) is 10.6. The quantitative estimate of drug-likeness (QED) is 0.465. The summed E-state index contributed by atoms with van der Waals surface area (Å²) < 4.78 is 6.29. The van der Waals surface area contributed by atoms with Crippen LogP contribution in [0.4, 0.5) is 0 Å². The Kier molecular flexibility index (Phi) is 4.11. The molecule has 0 saturated carbocycles. The fourth-order valence-corrected chi connectivity index (χ4v) is 1.62. The first-order valence-corrected chi connectivity index (χ1v) is 5.50. The molecule has 0 fully saturated rings. The molecule has 0 aromatic carbocycles. The van der Waals surface area contributed by atoms with Crippen LogP contribution in [0.25, 0.3) is 0 Å². The monoisotopic (exact) mass is 355 g/mol. The van der Waals surface area contributed by atoms with E-state index in [4.69, 9.17) is 4.74 Å². The lowest BCUT2D eigenvalue weighted by molar-refractivity contribution is 0.0524. The van der Waals surface area contributed by atoms with Gasteiger partial charge in [0.15, 0.2) is 0 Å². The molecule has 70 valence electrons. The van der Waals surface area contributed by atoms with E-state index in [0.29, 0.717) is 15.9 Å². The highest BCUT2D eigenvalue weighted by atomic mass is 127. The first kappa shape index (κ1) is 10.9. The molecule has 0 N–H and O–H groups in total. The lowest BCUT2D eigenvalue weighted by atomic mass is 10.3. The van der Waals surface area contributed by atoms with E-state index in [2.05, 4.69) is 20.9 Å². The molecule has 0 aliphatic carbocycles. The zero-order valence-electron chi connectivity index (χ0n) is 6.88. The van der Waals surface area contributed by atoms with Crippen LogP contribution >= 0.6 is 38.5 Å². The third kappa shape index (κ3) is 2.91. The molecule has 1 aromatic heterocycles. The molecule has 0 saturated heterocycles. The normalized spacial score (nSPS) is 9.77. The number of hydrogen-bond donors (Lipinski definition) is 0. The predicted molar refractivity (Wildman–Crippen MR) is 60.6 cm³/mol. The van der Waals surface area contributed by atoms with E-state index < -0.39 is 0 Å². The first-order chi connectivity index (χ1) is 6.15. The molecule has 1 heterocycles. The van der Waals surface area contributed by atoms with Crippen LogP contribution in [-0.2, 0) is 4.74 Å². The van der Waals surface area contributed by atoms with Crippen LogP contribution in [0, 0.1) is 3.70 Å². The summed E-state index contributed by atoms with van der Waals surface area (Å²) in [6, 6.07) is 1.70. The van der Waals surface area contributed by atoms with Crippen LogP contribution in [0.2, 0.25) is 0 Å². The van der Waals surface area contributed by atoms with Crippen molar-refractivity contribution >= 4 is 44.5 Å². The standard InChI is InChI=1S/C8H7BrINO2/c1-2-13-8(12)6-3-5(9)4-11-7(6)10/h3-4H,2H2,1H3. The highest BCUT2D eigenvalue weighted by Gasteiger charge is 2.11. The van der Waals surface area contributed by atoms with Crippen LogP contribution in [0.3, 0.4) is 0 Å². The molecule has 1 rings (SSSR count). The molecule has 0 bridgehead atoms. The average molecular weight is 356 g/mol. The minimum absolute atomic E-state index is 0.333. The Morgan fingerprint density at radius 1 is 1.77 bits per heavy atom. The highest BCUT2D eigenvalue weighted by Crippen LogP contribution is 2.16. The summed E-state index contributed by atoms with van der Waals surface area (Å²) >= 11 is 5.24. The van der Waals surface area contributed by atoms with Gasteiger partial charge in [0.05, 0.1) is 12.2 Å². The summed E-state index contributed by atoms with van der Waals surface area (Å²) in [5.41, 5.74) is 0.497. The number of rotatable bonds is 2. The van der Waals surface area contributed by atoms with Crippen molar-refractivity contribution in [2.75, 3.05) is 6.61 Å². The van der Waals surface area contributed by atoms with Gasteiger partial charge in [0.2, 0.25) is 0 Å². The van der Waals surface area contributed by atoms with Gasteiger partial charge in [-0.15, -0.1) is 0 Å². The van der Waals surface area contributed by atoms with E-state index in [1.54, 1.807) is 19.2 Å². The second-order valence-corrected chi connectivity index (χ2v) is 4.15. The van der Waals surface area contributed by atoms with Gasteiger partial charge < -0.3 is 4.74 Å². The van der Waals surface area contributed by atoms with Crippen molar-refractivity contribution in [3.05, 3.63) is 26.0 Å². The largest absolute Gasteiger partial charge is 0.462 e. The second kappa shape index (κ2) is 4.90. The lowest BCUT2D eigenvalue weighted by Crippen LogP contribution is -2.07. The van der Waals surface area contributed by atoms with Gasteiger partial charge in [0.1, 0.15) is 3.70 Å². The minimum Gasteiger partial charge on any atom is -0.462 e. The Bertz CT molecular complexity index is 330. The lowest BCUT2D eigenvalue weighted by Gasteiger charge is -2.03. The maximum atomic E-state index is 11.3. The Balaban J connectivity index is 2.99. The van der Waals surface area contributed by atoms with Crippen molar-refractivity contribution in [1.29, 1.82) is 0 Å². The Morgan fingerprint density at radius 3 is 3.08 bits per heavy atom. The van der Waals surface area contributed by atoms with Crippen LogP contribution in [0.1, 0.15) is 17.3 Å². The number of pyridine rings is 1. The van der Waals surface area contributed by atoms with Gasteiger partial charge >= 0.3 is 5.97 Å². The summed E-state index contributed by atoms with van der Waals surface area (Å²) in [6.07, 6.45) is 1.64. The number of ether oxygens (including phenoxy) is 1. The number of nitrogens with zero attached hydrogens (tertiary/aromatic N) is 1. The van der Waals surface area contributed by atoms with E-state index >= 15 is 0 Å². The van der Waals surface area contributed by atoms with Crippen molar-refractivity contribution in [3.8, 4) is 0 Å². The molecule has 1 aromatic rings. The third-order valence-electron chi connectivity index (χ3n) is 1.30. The minimum atomic E-state index is -0.333. The van der Waals surface area contributed by atoms with Gasteiger partial charge in [-0.1, -0.05) is 0 Å². The number of carbonyl (C=O) groups excluding carboxylic acids is 1. The van der Waals surface area contributed by atoms with Crippen LogP contribution < -0.4 is 0 Å². The molecule has 0 amide bonds. The van der Waals surface area contributed by atoms with E-state index in [1.165, 1.54) is 0 Å².